The summed E-state index contributed by atoms with van der Waals surface area (Å²) in [5, 5.41) is 4.57. The van der Waals surface area contributed by atoms with E-state index in [1.807, 2.05) is 70.2 Å². The normalized spacial score (nSPS) is 14.5. The molecular weight excluding hydrogens is 566 g/mol. The van der Waals surface area contributed by atoms with Crippen molar-refractivity contribution in [2.45, 2.75) is 64.9 Å². The lowest BCUT2D eigenvalue weighted by Crippen LogP contribution is -2.31. The van der Waals surface area contributed by atoms with Crippen LogP contribution in [0.3, 0.4) is 0 Å². The van der Waals surface area contributed by atoms with E-state index in [1.165, 1.54) is 0 Å². The van der Waals surface area contributed by atoms with Gasteiger partial charge in [0.1, 0.15) is 11.4 Å². The number of halogens is 2. The highest BCUT2D eigenvalue weighted by Gasteiger charge is 2.25. The molecule has 2 aromatic carbocycles. The molecule has 1 amide bonds. The maximum atomic E-state index is 13.8. The zero-order valence-corrected chi connectivity index (χ0v) is 24.8. The number of hydrogen-bond acceptors (Lipinski definition) is 5. The Balaban J connectivity index is 1.61. The number of benzene rings is 2. The number of amides is 1. The fraction of sp³-hybridized carbons (Fsp3) is 0.433. The number of fused-ring (bicyclic) bond motifs is 1. The summed E-state index contributed by atoms with van der Waals surface area (Å²) in [6, 6.07) is 13.4. The third kappa shape index (κ3) is 6.86. The third-order valence-corrected chi connectivity index (χ3v) is 7.61. The number of anilines is 1. The first-order chi connectivity index (χ1) is 18.0. The lowest BCUT2D eigenvalue weighted by Gasteiger charge is -2.24. The van der Waals surface area contributed by atoms with Gasteiger partial charge in [-0.3, -0.25) is 9.59 Å². The van der Waals surface area contributed by atoms with Crippen LogP contribution < -0.4 is 10.2 Å². The quantitative estimate of drug-likeness (QED) is 0.277. The van der Waals surface area contributed by atoms with Crippen molar-refractivity contribution < 1.29 is 14.3 Å². The second-order valence-corrected chi connectivity index (χ2v) is 12.2. The van der Waals surface area contributed by atoms with E-state index in [1.54, 1.807) is 0 Å². The van der Waals surface area contributed by atoms with Crippen molar-refractivity contribution >= 4 is 56.1 Å². The number of nitrogens with zero attached hydrogens (tertiary/aromatic N) is 2. The Morgan fingerprint density at radius 1 is 1.16 bits per heavy atom. The van der Waals surface area contributed by atoms with Gasteiger partial charge >= 0.3 is 5.97 Å². The number of rotatable bonds is 8. The highest BCUT2D eigenvalue weighted by Crippen LogP contribution is 2.33. The molecular formula is C30H35BrClN3O3. The molecule has 1 aromatic heterocycles. The smallest absolute Gasteiger partial charge is 0.306 e. The number of esters is 1. The van der Waals surface area contributed by atoms with Crippen molar-refractivity contribution in [1.82, 2.24) is 10.3 Å². The topological polar surface area (TPSA) is 71.5 Å². The minimum Gasteiger partial charge on any atom is -0.460 e. The van der Waals surface area contributed by atoms with Crippen LogP contribution in [0, 0.1) is 6.92 Å². The summed E-state index contributed by atoms with van der Waals surface area (Å²) in [4.78, 5) is 33.5. The fourth-order valence-corrected chi connectivity index (χ4v) is 5.66. The van der Waals surface area contributed by atoms with Crippen LogP contribution in [-0.4, -0.2) is 42.1 Å². The molecule has 0 saturated carbocycles. The number of aromatic nitrogens is 1. The van der Waals surface area contributed by atoms with E-state index in [0.717, 1.165) is 58.3 Å². The second-order valence-electron chi connectivity index (χ2n) is 10.8. The molecule has 1 atom stereocenters. The molecule has 3 aromatic rings. The Morgan fingerprint density at radius 3 is 2.55 bits per heavy atom. The van der Waals surface area contributed by atoms with Crippen LogP contribution in [0.15, 0.2) is 46.9 Å². The Labute approximate surface area is 238 Å². The highest BCUT2D eigenvalue weighted by atomic mass is 79.9. The van der Waals surface area contributed by atoms with E-state index < -0.39 is 5.60 Å². The maximum absolute atomic E-state index is 13.8. The van der Waals surface area contributed by atoms with Gasteiger partial charge in [-0.15, -0.1) is 0 Å². The Hall–Kier alpha value is -2.64. The molecule has 202 valence electrons. The van der Waals surface area contributed by atoms with Gasteiger partial charge in [-0.1, -0.05) is 45.7 Å². The molecule has 1 saturated heterocycles. The average Bonchev–Trinajstić information content (AvgIpc) is 3.38. The molecule has 38 heavy (non-hydrogen) atoms. The largest absolute Gasteiger partial charge is 0.460 e. The Morgan fingerprint density at radius 2 is 1.87 bits per heavy atom. The minimum absolute atomic E-state index is 0.154. The van der Waals surface area contributed by atoms with E-state index in [9.17, 15) is 9.59 Å². The molecule has 2 heterocycles. The third-order valence-electron chi connectivity index (χ3n) is 6.77. The van der Waals surface area contributed by atoms with Gasteiger partial charge in [0.2, 0.25) is 0 Å². The second kappa shape index (κ2) is 12.0. The van der Waals surface area contributed by atoms with Crippen molar-refractivity contribution in [1.29, 1.82) is 0 Å². The molecule has 8 heteroatoms. The molecule has 0 aliphatic carbocycles. The first kappa shape index (κ1) is 28.4. The van der Waals surface area contributed by atoms with Gasteiger partial charge in [0, 0.05) is 52.4 Å². The summed E-state index contributed by atoms with van der Waals surface area (Å²) in [5.74, 6) is 0.285. The van der Waals surface area contributed by atoms with Crippen LogP contribution in [0.5, 0.6) is 0 Å². The van der Waals surface area contributed by atoms with Crippen LogP contribution in [0.1, 0.15) is 73.9 Å². The lowest BCUT2D eigenvalue weighted by molar-refractivity contribution is -0.155. The minimum atomic E-state index is -0.549. The Bertz CT molecular complexity index is 1330. The van der Waals surface area contributed by atoms with E-state index in [4.69, 9.17) is 21.3 Å². The van der Waals surface area contributed by atoms with Crippen molar-refractivity contribution in [2.75, 3.05) is 24.5 Å². The standard InChI is InChI=1S/C30H35BrClN3O3/c1-19-27(23-17-21(31)12-13-25(23)34-28(19)35-15-7-8-16-35)29(37)33-18-20(22-9-5-6-10-24(22)32)11-14-26(36)38-30(2,3)4/h5-6,9-10,12-13,17,20H,7-8,11,14-16,18H2,1-4H3,(H,33,37)/t20-/m0/s1. The number of nitrogens with one attached hydrogen (secondary N) is 1. The number of carbonyl (C=O) groups excluding carboxylic acids is 2. The molecule has 1 N–H and O–H groups in total. The molecule has 1 aliphatic rings. The Kier molecular flexibility index (Phi) is 8.99. The summed E-state index contributed by atoms with van der Waals surface area (Å²) in [5.41, 5.74) is 2.64. The monoisotopic (exact) mass is 599 g/mol. The van der Waals surface area contributed by atoms with Crippen LogP contribution in [0.25, 0.3) is 10.9 Å². The number of hydrogen-bond donors (Lipinski definition) is 1. The number of carbonyl (C=O) groups is 2. The van der Waals surface area contributed by atoms with Crippen LogP contribution >= 0.6 is 27.5 Å². The van der Waals surface area contributed by atoms with E-state index in [0.29, 0.717) is 23.6 Å². The van der Waals surface area contributed by atoms with Gasteiger partial charge in [-0.2, -0.15) is 0 Å². The van der Waals surface area contributed by atoms with Crippen molar-refractivity contribution in [3.63, 3.8) is 0 Å². The molecule has 1 aliphatic heterocycles. The highest BCUT2D eigenvalue weighted by molar-refractivity contribution is 9.10. The van der Waals surface area contributed by atoms with Gasteiger partial charge in [-0.25, -0.2) is 4.98 Å². The SMILES string of the molecule is Cc1c(N2CCCC2)nc2ccc(Br)cc2c1C(=O)NC[C@H](CCC(=O)OC(C)(C)C)c1ccccc1Cl. The van der Waals surface area contributed by atoms with Crippen molar-refractivity contribution in [2.24, 2.45) is 0 Å². The number of pyridine rings is 1. The van der Waals surface area contributed by atoms with Gasteiger partial charge < -0.3 is 15.0 Å². The van der Waals surface area contributed by atoms with E-state index in [-0.39, 0.29) is 24.2 Å². The molecule has 6 nitrogen and oxygen atoms in total. The molecule has 0 radical (unpaired) electrons. The fourth-order valence-electron chi connectivity index (χ4n) is 5.01. The zero-order chi connectivity index (χ0) is 27.4. The summed E-state index contributed by atoms with van der Waals surface area (Å²) in [7, 11) is 0. The van der Waals surface area contributed by atoms with E-state index in [2.05, 4.69) is 26.1 Å². The number of ether oxygens (including phenoxy) is 1. The summed E-state index contributed by atoms with van der Waals surface area (Å²) in [6.45, 7) is 9.75. The lowest BCUT2D eigenvalue weighted by atomic mass is 9.93. The van der Waals surface area contributed by atoms with Gasteiger partial charge in [0.25, 0.3) is 5.91 Å². The van der Waals surface area contributed by atoms with Crippen LogP contribution in [0.4, 0.5) is 5.82 Å². The molecule has 0 spiro atoms. The first-order valence-corrected chi connectivity index (χ1v) is 14.3. The first-order valence-electron chi connectivity index (χ1n) is 13.1. The zero-order valence-electron chi connectivity index (χ0n) is 22.4. The predicted octanol–water partition coefficient (Wildman–Crippen LogP) is 7.19. The average molecular weight is 601 g/mol. The molecule has 0 bridgehead atoms. The maximum Gasteiger partial charge on any atom is 0.306 e. The van der Waals surface area contributed by atoms with Crippen molar-refractivity contribution in [3.05, 3.63) is 68.7 Å². The summed E-state index contributed by atoms with van der Waals surface area (Å²) >= 11 is 10.1. The molecule has 4 rings (SSSR count). The van der Waals surface area contributed by atoms with Gasteiger partial charge in [-0.05, 0) is 76.8 Å². The van der Waals surface area contributed by atoms with Crippen LogP contribution in [0.2, 0.25) is 5.02 Å². The van der Waals surface area contributed by atoms with Gasteiger partial charge in [0.05, 0.1) is 11.1 Å². The van der Waals surface area contributed by atoms with Crippen LogP contribution in [-0.2, 0) is 9.53 Å². The molecule has 0 unspecified atom stereocenters. The van der Waals surface area contributed by atoms with Gasteiger partial charge in [0.15, 0.2) is 0 Å². The molecule has 1 fully saturated rings. The van der Waals surface area contributed by atoms with Crippen molar-refractivity contribution in [3.8, 4) is 0 Å². The predicted molar refractivity (Wildman–Crippen MR) is 157 cm³/mol. The summed E-state index contributed by atoms with van der Waals surface area (Å²) in [6.07, 6.45) is 2.97. The van der Waals surface area contributed by atoms with E-state index >= 15 is 0 Å². The summed E-state index contributed by atoms with van der Waals surface area (Å²) < 4.78 is 6.40.